The second-order valence-electron chi connectivity index (χ2n) is 3.10. The third-order valence-corrected chi connectivity index (χ3v) is 2.48. The van der Waals surface area contributed by atoms with E-state index in [-0.39, 0.29) is 18.2 Å². The van der Waals surface area contributed by atoms with E-state index in [1.807, 2.05) is 0 Å². The first-order valence-electron chi connectivity index (χ1n) is 4.74. The topological polar surface area (TPSA) is 61.4 Å². The van der Waals surface area contributed by atoms with E-state index in [4.69, 9.17) is 0 Å². The van der Waals surface area contributed by atoms with Crippen molar-refractivity contribution >= 4 is 27.5 Å². The number of para-hydroxylation sites is 1. The molecule has 86 valence electrons. The van der Waals surface area contributed by atoms with Crippen LogP contribution in [0.4, 0.5) is 5.69 Å². The number of amides is 1. The summed E-state index contributed by atoms with van der Waals surface area (Å²) in [5.41, 5.74) is 0.389. The van der Waals surface area contributed by atoms with Gasteiger partial charge in [0.05, 0.1) is 16.7 Å². The largest absolute Gasteiger partial charge is 0.505 e. The summed E-state index contributed by atoms with van der Waals surface area (Å²) in [6.45, 7) is 4.27. The van der Waals surface area contributed by atoms with E-state index in [2.05, 4.69) is 33.1 Å². The van der Waals surface area contributed by atoms with E-state index in [0.717, 1.165) is 0 Å². The lowest BCUT2D eigenvalue weighted by atomic mass is 10.3. The molecule has 0 unspecified atom stereocenters. The number of phenolic OH excluding ortho intramolecular Hbond substituents is 1. The SMILES string of the molecule is C=CCNCC(=O)Nc1cccc(Br)c1O. The standard InChI is InChI=1S/C11H13BrN2O2/c1-2-6-13-7-10(15)14-9-5-3-4-8(12)11(9)16/h2-5,13,16H,1,6-7H2,(H,14,15). The van der Waals surface area contributed by atoms with Crippen molar-refractivity contribution in [3.8, 4) is 5.75 Å². The zero-order valence-corrected chi connectivity index (χ0v) is 10.3. The summed E-state index contributed by atoms with van der Waals surface area (Å²) in [6, 6.07) is 5.06. The summed E-state index contributed by atoms with van der Waals surface area (Å²) in [5, 5.41) is 15.1. The molecule has 3 N–H and O–H groups in total. The van der Waals surface area contributed by atoms with Crippen molar-refractivity contribution in [1.29, 1.82) is 0 Å². The van der Waals surface area contributed by atoms with Gasteiger partial charge in [0.2, 0.25) is 5.91 Å². The molecule has 1 amide bonds. The average Bonchev–Trinajstić information content (AvgIpc) is 2.25. The minimum atomic E-state index is -0.213. The molecular weight excluding hydrogens is 272 g/mol. The molecule has 0 aliphatic carbocycles. The van der Waals surface area contributed by atoms with E-state index in [1.165, 1.54) is 0 Å². The second-order valence-corrected chi connectivity index (χ2v) is 3.96. The highest BCUT2D eigenvalue weighted by atomic mass is 79.9. The number of hydrogen-bond donors (Lipinski definition) is 3. The van der Waals surface area contributed by atoms with E-state index in [1.54, 1.807) is 24.3 Å². The Labute approximate surface area is 102 Å². The van der Waals surface area contributed by atoms with Crippen molar-refractivity contribution in [2.75, 3.05) is 18.4 Å². The molecule has 0 aliphatic heterocycles. The minimum absolute atomic E-state index is 0.0274. The van der Waals surface area contributed by atoms with Crippen molar-refractivity contribution in [3.63, 3.8) is 0 Å². The maximum Gasteiger partial charge on any atom is 0.238 e. The fourth-order valence-corrected chi connectivity index (χ4v) is 1.46. The van der Waals surface area contributed by atoms with Crippen molar-refractivity contribution in [1.82, 2.24) is 5.32 Å². The Morgan fingerprint density at radius 3 is 3.00 bits per heavy atom. The molecule has 5 heteroatoms. The van der Waals surface area contributed by atoms with Crippen molar-refractivity contribution in [3.05, 3.63) is 35.3 Å². The number of anilines is 1. The van der Waals surface area contributed by atoms with Gasteiger partial charge in [-0.05, 0) is 28.1 Å². The van der Waals surface area contributed by atoms with E-state index < -0.39 is 0 Å². The van der Waals surface area contributed by atoms with Gasteiger partial charge < -0.3 is 15.7 Å². The molecular formula is C11H13BrN2O2. The quantitative estimate of drug-likeness (QED) is 0.440. The van der Waals surface area contributed by atoms with E-state index in [9.17, 15) is 9.90 Å². The predicted molar refractivity (Wildman–Crippen MR) is 67.5 cm³/mol. The maximum absolute atomic E-state index is 11.4. The van der Waals surface area contributed by atoms with Crippen LogP contribution < -0.4 is 10.6 Å². The zero-order chi connectivity index (χ0) is 12.0. The van der Waals surface area contributed by atoms with Crippen molar-refractivity contribution in [2.45, 2.75) is 0 Å². The lowest BCUT2D eigenvalue weighted by molar-refractivity contribution is -0.115. The lowest BCUT2D eigenvalue weighted by Crippen LogP contribution is -2.28. The van der Waals surface area contributed by atoms with Gasteiger partial charge in [-0.25, -0.2) is 0 Å². The fraction of sp³-hybridized carbons (Fsp3) is 0.182. The van der Waals surface area contributed by atoms with Gasteiger partial charge in [-0.2, -0.15) is 0 Å². The van der Waals surface area contributed by atoms with Gasteiger partial charge in [0.1, 0.15) is 0 Å². The van der Waals surface area contributed by atoms with Crippen LogP contribution in [0.2, 0.25) is 0 Å². The molecule has 0 radical (unpaired) electrons. The monoisotopic (exact) mass is 284 g/mol. The van der Waals surface area contributed by atoms with Gasteiger partial charge in [0.15, 0.2) is 5.75 Å². The van der Waals surface area contributed by atoms with E-state index >= 15 is 0 Å². The number of rotatable bonds is 5. The highest BCUT2D eigenvalue weighted by Gasteiger charge is 2.07. The van der Waals surface area contributed by atoms with Gasteiger partial charge in [-0.3, -0.25) is 4.79 Å². The van der Waals surface area contributed by atoms with Crippen LogP contribution >= 0.6 is 15.9 Å². The molecule has 0 aliphatic rings. The van der Waals surface area contributed by atoms with Crippen LogP contribution in [0.1, 0.15) is 0 Å². The second kappa shape index (κ2) is 6.30. The van der Waals surface area contributed by atoms with Crippen LogP contribution in [0, 0.1) is 0 Å². The zero-order valence-electron chi connectivity index (χ0n) is 8.66. The Hall–Kier alpha value is -1.33. The molecule has 0 saturated heterocycles. The first kappa shape index (κ1) is 12.7. The molecule has 0 saturated carbocycles. The summed E-state index contributed by atoms with van der Waals surface area (Å²) in [7, 11) is 0. The molecule has 0 aromatic heterocycles. The van der Waals surface area contributed by atoms with Crippen molar-refractivity contribution < 1.29 is 9.90 Å². The Bertz CT molecular complexity index is 394. The number of halogens is 1. The number of benzene rings is 1. The number of phenols is 1. The minimum Gasteiger partial charge on any atom is -0.505 e. The first-order valence-corrected chi connectivity index (χ1v) is 5.53. The number of carbonyl (C=O) groups is 1. The Morgan fingerprint density at radius 2 is 2.31 bits per heavy atom. The normalized spacial score (nSPS) is 9.81. The Morgan fingerprint density at radius 1 is 1.56 bits per heavy atom. The highest BCUT2D eigenvalue weighted by molar-refractivity contribution is 9.10. The van der Waals surface area contributed by atoms with Gasteiger partial charge in [-0.1, -0.05) is 12.1 Å². The van der Waals surface area contributed by atoms with Crippen LogP contribution in [0.25, 0.3) is 0 Å². The van der Waals surface area contributed by atoms with Crippen LogP contribution in [-0.4, -0.2) is 24.1 Å². The molecule has 0 fully saturated rings. The average molecular weight is 285 g/mol. The van der Waals surface area contributed by atoms with Gasteiger partial charge >= 0.3 is 0 Å². The Balaban J connectivity index is 2.56. The van der Waals surface area contributed by atoms with Gasteiger partial charge in [0, 0.05) is 6.54 Å². The Kier molecular flexibility index (Phi) is 5.01. The summed E-state index contributed by atoms with van der Waals surface area (Å²) < 4.78 is 0.546. The molecule has 1 aromatic carbocycles. The highest BCUT2D eigenvalue weighted by Crippen LogP contribution is 2.31. The number of nitrogens with one attached hydrogen (secondary N) is 2. The van der Waals surface area contributed by atoms with Gasteiger partial charge in [-0.15, -0.1) is 6.58 Å². The molecule has 0 bridgehead atoms. The number of carbonyl (C=O) groups excluding carboxylic acids is 1. The first-order chi connectivity index (χ1) is 7.65. The number of hydrogen-bond acceptors (Lipinski definition) is 3. The summed E-state index contributed by atoms with van der Waals surface area (Å²) in [4.78, 5) is 11.4. The molecule has 1 rings (SSSR count). The van der Waals surface area contributed by atoms with Crippen LogP contribution in [0.5, 0.6) is 5.75 Å². The van der Waals surface area contributed by atoms with Crippen LogP contribution in [0.15, 0.2) is 35.3 Å². The molecule has 0 spiro atoms. The van der Waals surface area contributed by atoms with Gasteiger partial charge in [0.25, 0.3) is 0 Å². The molecule has 1 aromatic rings. The summed E-state index contributed by atoms with van der Waals surface area (Å²) >= 11 is 3.17. The molecule has 4 nitrogen and oxygen atoms in total. The molecule has 0 atom stereocenters. The van der Waals surface area contributed by atoms with Crippen LogP contribution in [-0.2, 0) is 4.79 Å². The third-order valence-electron chi connectivity index (χ3n) is 1.84. The third kappa shape index (κ3) is 3.67. The van der Waals surface area contributed by atoms with Crippen LogP contribution in [0.3, 0.4) is 0 Å². The predicted octanol–water partition coefficient (Wildman–Crippen LogP) is 1.87. The lowest BCUT2D eigenvalue weighted by Gasteiger charge is -2.08. The smallest absolute Gasteiger partial charge is 0.238 e. The summed E-state index contributed by atoms with van der Waals surface area (Å²) in [6.07, 6.45) is 1.67. The fourth-order valence-electron chi connectivity index (χ4n) is 1.10. The van der Waals surface area contributed by atoms with E-state index in [0.29, 0.717) is 16.7 Å². The number of aromatic hydroxyl groups is 1. The molecule has 0 heterocycles. The maximum atomic E-state index is 11.4. The van der Waals surface area contributed by atoms with Crippen molar-refractivity contribution in [2.24, 2.45) is 0 Å². The molecule has 16 heavy (non-hydrogen) atoms. The summed E-state index contributed by atoms with van der Waals surface area (Å²) in [5.74, 6) is -0.185.